The van der Waals surface area contributed by atoms with Crippen LogP contribution in [0, 0.1) is 0 Å². The fraction of sp³-hybridized carbons (Fsp3) is 0.750. The van der Waals surface area contributed by atoms with Gasteiger partial charge in [-0.15, -0.1) is 6.58 Å². The first kappa shape index (κ1) is 8.70. The third-order valence-corrected chi connectivity index (χ3v) is 1.28. The van der Waals surface area contributed by atoms with E-state index in [-0.39, 0.29) is 5.60 Å². The maximum Gasteiger partial charge on any atom is 0.0659 e. The highest BCUT2D eigenvalue weighted by Crippen LogP contribution is 2.16. The van der Waals surface area contributed by atoms with Gasteiger partial charge in [0.2, 0.25) is 0 Å². The molecule has 0 aliphatic rings. The fourth-order valence-electron chi connectivity index (χ4n) is 0.799. The van der Waals surface area contributed by atoms with Crippen LogP contribution in [0.5, 0.6) is 0 Å². The van der Waals surface area contributed by atoms with Gasteiger partial charge in [0.05, 0.1) is 5.60 Å². The van der Waals surface area contributed by atoms with Crippen molar-refractivity contribution >= 4 is 0 Å². The minimum atomic E-state index is -0.0359. The summed E-state index contributed by atoms with van der Waals surface area (Å²) in [6.45, 7) is 9.94. The van der Waals surface area contributed by atoms with Crippen molar-refractivity contribution in [1.29, 1.82) is 0 Å². The molecular weight excluding hydrogens is 112 g/mol. The van der Waals surface area contributed by atoms with Gasteiger partial charge in [0.15, 0.2) is 0 Å². The summed E-state index contributed by atoms with van der Waals surface area (Å²) in [7, 11) is 1.73. The van der Waals surface area contributed by atoms with E-state index in [4.69, 9.17) is 4.74 Å². The molecule has 9 heavy (non-hydrogen) atoms. The summed E-state index contributed by atoms with van der Waals surface area (Å²) < 4.78 is 5.19. The molecule has 0 aliphatic heterocycles. The molecule has 1 nitrogen and oxygen atoms in total. The summed E-state index contributed by atoms with van der Waals surface area (Å²) >= 11 is 0. The van der Waals surface area contributed by atoms with Gasteiger partial charge < -0.3 is 4.74 Å². The molecule has 0 heterocycles. The van der Waals surface area contributed by atoms with Gasteiger partial charge in [0, 0.05) is 7.11 Å². The molecule has 0 saturated carbocycles. The van der Waals surface area contributed by atoms with E-state index in [1.807, 2.05) is 6.92 Å². The molecule has 0 atom stereocenters. The molecule has 0 rings (SSSR count). The Balaban J connectivity index is 3.71. The van der Waals surface area contributed by atoms with E-state index in [0.29, 0.717) is 0 Å². The Kier molecular flexibility index (Phi) is 2.92. The van der Waals surface area contributed by atoms with E-state index in [9.17, 15) is 0 Å². The average Bonchev–Trinajstić information content (AvgIpc) is 1.63. The van der Waals surface area contributed by atoms with Crippen LogP contribution < -0.4 is 0 Å². The van der Waals surface area contributed by atoms with Crippen molar-refractivity contribution in [2.24, 2.45) is 0 Å². The largest absolute Gasteiger partial charge is 0.378 e. The molecular formula is C8H16O. The zero-order valence-electron chi connectivity index (χ0n) is 6.82. The van der Waals surface area contributed by atoms with Crippen molar-refractivity contribution in [2.75, 3.05) is 7.11 Å². The Hall–Kier alpha value is -0.300. The highest BCUT2D eigenvalue weighted by atomic mass is 16.5. The molecule has 54 valence electrons. The Morgan fingerprint density at radius 1 is 1.56 bits per heavy atom. The van der Waals surface area contributed by atoms with Gasteiger partial charge in [-0.25, -0.2) is 0 Å². The first-order chi connectivity index (χ1) is 3.98. The smallest absolute Gasteiger partial charge is 0.0659 e. The minimum Gasteiger partial charge on any atom is -0.378 e. The molecule has 1 heteroatoms. The highest BCUT2D eigenvalue weighted by molar-refractivity contribution is 4.94. The minimum absolute atomic E-state index is 0.0359. The predicted molar refractivity (Wildman–Crippen MR) is 40.5 cm³/mol. The molecule has 0 aromatic carbocycles. The zero-order chi connectivity index (χ0) is 7.49. The lowest BCUT2D eigenvalue weighted by Gasteiger charge is -2.22. The van der Waals surface area contributed by atoms with E-state index in [0.717, 1.165) is 6.42 Å². The molecule has 0 unspecified atom stereocenters. The average molecular weight is 128 g/mol. The number of hydrogen-bond donors (Lipinski definition) is 0. The first-order valence-corrected chi connectivity index (χ1v) is 3.17. The van der Waals surface area contributed by atoms with Crippen molar-refractivity contribution in [2.45, 2.75) is 32.8 Å². The highest BCUT2D eigenvalue weighted by Gasteiger charge is 2.15. The number of rotatable bonds is 3. The van der Waals surface area contributed by atoms with Crippen LogP contribution in [-0.2, 0) is 4.74 Å². The zero-order valence-corrected chi connectivity index (χ0v) is 6.82. The van der Waals surface area contributed by atoms with Crippen LogP contribution in [0.4, 0.5) is 0 Å². The monoisotopic (exact) mass is 128 g/mol. The maximum absolute atomic E-state index is 5.19. The molecule has 0 bridgehead atoms. The molecule has 0 spiro atoms. The molecule has 0 aliphatic carbocycles. The van der Waals surface area contributed by atoms with Crippen molar-refractivity contribution in [3.05, 3.63) is 12.2 Å². The van der Waals surface area contributed by atoms with Crippen molar-refractivity contribution in [1.82, 2.24) is 0 Å². The summed E-state index contributed by atoms with van der Waals surface area (Å²) in [6.07, 6.45) is 0.934. The summed E-state index contributed by atoms with van der Waals surface area (Å²) in [5.41, 5.74) is 1.13. The molecule has 0 aromatic heterocycles. The van der Waals surface area contributed by atoms with Crippen LogP contribution in [0.15, 0.2) is 12.2 Å². The van der Waals surface area contributed by atoms with E-state index < -0.39 is 0 Å². The molecule has 0 fully saturated rings. The SMILES string of the molecule is C=C(C)CC(C)(C)OC. The second kappa shape index (κ2) is 3.02. The Bertz CT molecular complexity index is 103. The second-order valence-corrected chi connectivity index (χ2v) is 3.10. The lowest BCUT2D eigenvalue weighted by atomic mass is 10.0. The van der Waals surface area contributed by atoms with Gasteiger partial charge in [-0.3, -0.25) is 0 Å². The number of ether oxygens (including phenoxy) is 1. The van der Waals surface area contributed by atoms with E-state index in [1.54, 1.807) is 7.11 Å². The third-order valence-electron chi connectivity index (χ3n) is 1.28. The molecule has 0 amide bonds. The molecule has 0 saturated heterocycles. The Labute approximate surface area is 57.7 Å². The van der Waals surface area contributed by atoms with Crippen LogP contribution >= 0.6 is 0 Å². The van der Waals surface area contributed by atoms with Crippen LogP contribution in [-0.4, -0.2) is 12.7 Å². The van der Waals surface area contributed by atoms with Gasteiger partial charge in [-0.1, -0.05) is 5.57 Å². The Morgan fingerprint density at radius 3 is 2.11 bits per heavy atom. The molecule has 0 radical (unpaired) electrons. The van der Waals surface area contributed by atoms with Gasteiger partial charge in [-0.05, 0) is 27.2 Å². The van der Waals surface area contributed by atoms with Crippen LogP contribution in [0.2, 0.25) is 0 Å². The summed E-state index contributed by atoms with van der Waals surface area (Å²) in [5.74, 6) is 0. The van der Waals surface area contributed by atoms with Crippen LogP contribution in [0.3, 0.4) is 0 Å². The second-order valence-electron chi connectivity index (χ2n) is 3.10. The standard InChI is InChI=1S/C8H16O/c1-7(2)6-8(3,4)9-5/h1,6H2,2-5H3. The van der Waals surface area contributed by atoms with Crippen molar-refractivity contribution < 1.29 is 4.74 Å². The first-order valence-electron chi connectivity index (χ1n) is 3.17. The third kappa shape index (κ3) is 4.22. The van der Waals surface area contributed by atoms with Gasteiger partial charge in [0.25, 0.3) is 0 Å². The number of methoxy groups -OCH3 is 1. The van der Waals surface area contributed by atoms with Gasteiger partial charge >= 0.3 is 0 Å². The predicted octanol–water partition coefficient (Wildman–Crippen LogP) is 2.38. The summed E-state index contributed by atoms with van der Waals surface area (Å²) in [5, 5.41) is 0. The normalized spacial score (nSPS) is 11.6. The fourth-order valence-corrected chi connectivity index (χ4v) is 0.799. The van der Waals surface area contributed by atoms with Crippen LogP contribution in [0.1, 0.15) is 27.2 Å². The summed E-state index contributed by atoms with van der Waals surface area (Å²) in [6, 6.07) is 0. The lowest BCUT2D eigenvalue weighted by Crippen LogP contribution is -2.22. The van der Waals surface area contributed by atoms with Crippen molar-refractivity contribution in [3.8, 4) is 0 Å². The Morgan fingerprint density at radius 2 is 2.00 bits per heavy atom. The topological polar surface area (TPSA) is 9.23 Å². The molecule has 0 aromatic rings. The maximum atomic E-state index is 5.19. The van der Waals surface area contributed by atoms with E-state index in [2.05, 4.69) is 20.4 Å². The quantitative estimate of drug-likeness (QED) is 0.530. The van der Waals surface area contributed by atoms with Crippen molar-refractivity contribution in [3.63, 3.8) is 0 Å². The lowest BCUT2D eigenvalue weighted by molar-refractivity contribution is 0.0233. The summed E-state index contributed by atoms with van der Waals surface area (Å²) in [4.78, 5) is 0. The molecule has 0 N–H and O–H groups in total. The van der Waals surface area contributed by atoms with E-state index in [1.165, 1.54) is 5.57 Å². The van der Waals surface area contributed by atoms with E-state index >= 15 is 0 Å². The van der Waals surface area contributed by atoms with Gasteiger partial charge in [0.1, 0.15) is 0 Å². The van der Waals surface area contributed by atoms with Crippen LogP contribution in [0.25, 0.3) is 0 Å². The number of hydrogen-bond acceptors (Lipinski definition) is 1. The van der Waals surface area contributed by atoms with Gasteiger partial charge in [-0.2, -0.15) is 0 Å².